The Labute approximate surface area is 125 Å². The maximum Gasteiger partial charge on any atom is 0.260 e. The van der Waals surface area contributed by atoms with Crippen LogP contribution >= 0.6 is 0 Å². The Bertz CT molecular complexity index is 588. The summed E-state index contributed by atoms with van der Waals surface area (Å²) < 4.78 is 26.8. The Morgan fingerprint density at radius 1 is 1.24 bits per heavy atom. The summed E-state index contributed by atoms with van der Waals surface area (Å²) in [7, 11) is -3.52. The number of hydrogen-bond acceptors (Lipinski definition) is 5. The van der Waals surface area contributed by atoms with Crippen LogP contribution in [-0.2, 0) is 16.6 Å². The van der Waals surface area contributed by atoms with E-state index in [9.17, 15) is 8.42 Å². The largest absolute Gasteiger partial charge is 0.392 e. The van der Waals surface area contributed by atoms with Gasteiger partial charge in [0.05, 0.1) is 6.61 Å². The van der Waals surface area contributed by atoms with Crippen molar-refractivity contribution in [1.82, 2.24) is 14.2 Å². The molecule has 116 valence electrons. The second-order valence-corrected chi connectivity index (χ2v) is 7.60. The lowest BCUT2D eigenvalue weighted by Crippen LogP contribution is -2.56. The number of piperidine rings is 1. The number of pyridine rings is 1. The van der Waals surface area contributed by atoms with Gasteiger partial charge >= 0.3 is 0 Å². The summed E-state index contributed by atoms with van der Waals surface area (Å²) >= 11 is 0. The molecule has 2 aliphatic heterocycles. The molecule has 0 radical (unpaired) electrons. The van der Waals surface area contributed by atoms with Gasteiger partial charge in [-0.2, -0.15) is 4.31 Å². The smallest absolute Gasteiger partial charge is 0.260 e. The van der Waals surface area contributed by atoms with Crippen LogP contribution in [0.15, 0.2) is 23.4 Å². The van der Waals surface area contributed by atoms with Crippen LogP contribution in [0, 0.1) is 0 Å². The zero-order valence-corrected chi connectivity index (χ0v) is 12.8. The number of aliphatic hydroxyl groups excluding tert-OH is 1. The number of piperazine rings is 1. The van der Waals surface area contributed by atoms with Gasteiger partial charge in [0.2, 0.25) is 0 Å². The van der Waals surface area contributed by atoms with E-state index in [-0.39, 0.29) is 11.6 Å². The number of sulfonamides is 1. The molecule has 1 unspecified atom stereocenters. The highest BCUT2D eigenvalue weighted by Gasteiger charge is 2.35. The third-order valence-corrected chi connectivity index (χ3v) is 6.17. The number of fused-ring (bicyclic) bond motifs is 1. The standard InChI is InChI=1S/C14H21N3O3S/c18-11-12-4-5-14(15-9-12)21(19,20)17-8-7-16-6-2-1-3-13(16)10-17/h4-5,9,13,18H,1-3,6-8,10-11H2. The van der Waals surface area contributed by atoms with E-state index in [4.69, 9.17) is 5.11 Å². The van der Waals surface area contributed by atoms with E-state index in [2.05, 4.69) is 9.88 Å². The Morgan fingerprint density at radius 2 is 2.10 bits per heavy atom. The van der Waals surface area contributed by atoms with Crippen molar-refractivity contribution in [3.05, 3.63) is 23.9 Å². The van der Waals surface area contributed by atoms with Gasteiger partial charge in [0, 0.05) is 31.9 Å². The summed E-state index contributed by atoms with van der Waals surface area (Å²) in [6.45, 7) is 2.85. The molecular weight excluding hydrogens is 290 g/mol. The zero-order valence-electron chi connectivity index (χ0n) is 12.0. The quantitative estimate of drug-likeness (QED) is 0.876. The minimum Gasteiger partial charge on any atom is -0.392 e. The molecule has 3 heterocycles. The zero-order chi connectivity index (χ0) is 14.9. The molecule has 3 rings (SSSR count). The van der Waals surface area contributed by atoms with E-state index in [1.165, 1.54) is 25.1 Å². The molecular formula is C14H21N3O3S. The van der Waals surface area contributed by atoms with E-state index in [1.807, 2.05) is 0 Å². The number of hydrogen-bond donors (Lipinski definition) is 1. The molecule has 21 heavy (non-hydrogen) atoms. The van der Waals surface area contributed by atoms with Gasteiger partial charge < -0.3 is 5.11 Å². The third-order valence-electron chi connectivity index (χ3n) is 4.38. The summed E-state index contributed by atoms with van der Waals surface area (Å²) in [5.41, 5.74) is 0.617. The van der Waals surface area contributed by atoms with Crippen LogP contribution in [-0.4, -0.2) is 59.9 Å². The van der Waals surface area contributed by atoms with Crippen molar-refractivity contribution in [2.45, 2.75) is 36.9 Å². The first-order valence-electron chi connectivity index (χ1n) is 7.41. The maximum atomic E-state index is 12.6. The molecule has 0 amide bonds. The molecule has 0 bridgehead atoms. The topological polar surface area (TPSA) is 73.7 Å². The van der Waals surface area contributed by atoms with Gasteiger partial charge in [-0.05, 0) is 31.0 Å². The van der Waals surface area contributed by atoms with E-state index in [0.29, 0.717) is 24.7 Å². The molecule has 1 aromatic heterocycles. The average Bonchev–Trinajstić information content (AvgIpc) is 2.54. The highest BCUT2D eigenvalue weighted by atomic mass is 32.2. The van der Waals surface area contributed by atoms with Gasteiger partial charge in [0.15, 0.2) is 5.03 Å². The number of rotatable bonds is 3. The molecule has 1 aromatic rings. The van der Waals surface area contributed by atoms with Crippen molar-refractivity contribution < 1.29 is 13.5 Å². The van der Waals surface area contributed by atoms with Crippen molar-refractivity contribution in [2.75, 3.05) is 26.2 Å². The summed E-state index contributed by atoms with van der Waals surface area (Å²) in [5.74, 6) is 0. The van der Waals surface area contributed by atoms with E-state index in [1.54, 1.807) is 10.4 Å². The lowest BCUT2D eigenvalue weighted by Gasteiger charge is -2.43. The molecule has 2 aliphatic rings. The van der Waals surface area contributed by atoms with Crippen molar-refractivity contribution in [3.8, 4) is 0 Å². The van der Waals surface area contributed by atoms with Gasteiger partial charge in [0.1, 0.15) is 0 Å². The highest BCUT2D eigenvalue weighted by molar-refractivity contribution is 7.89. The summed E-state index contributed by atoms with van der Waals surface area (Å²) in [6.07, 6.45) is 4.89. The first-order chi connectivity index (χ1) is 10.1. The molecule has 7 heteroatoms. The normalized spacial score (nSPS) is 24.7. The third kappa shape index (κ3) is 2.96. The van der Waals surface area contributed by atoms with Gasteiger partial charge in [0.25, 0.3) is 10.0 Å². The monoisotopic (exact) mass is 311 g/mol. The molecule has 1 N–H and O–H groups in total. The molecule has 0 saturated carbocycles. The van der Waals surface area contributed by atoms with E-state index < -0.39 is 10.0 Å². The van der Waals surface area contributed by atoms with E-state index >= 15 is 0 Å². The van der Waals surface area contributed by atoms with Gasteiger partial charge in [-0.3, -0.25) is 4.90 Å². The minimum atomic E-state index is -3.52. The Morgan fingerprint density at radius 3 is 2.81 bits per heavy atom. The van der Waals surface area contributed by atoms with Crippen LogP contribution < -0.4 is 0 Å². The Kier molecular flexibility index (Phi) is 4.26. The molecule has 0 aromatic carbocycles. The number of nitrogens with zero attached hydrogens (tertiary/aromatic N) is 3. The SMILES string of the molecule is O=S(=O)(c1ccc(CO)cn1)N1CCN2CCCCC2C1. The van der Waals surface area contributed by atoms with Crippen molar-refractivity contribution in [1.29, 1.82) is 0 Å². The fourth-order valence-electron chi connectivity index (χ4n) is 3.14. The van der Waals surface area contributed by atoms with Gasteiger partial charge in [-0.15, -0.1) is 0 Å². The molecule has 2 fully saturated rings. The second kappa shape index (κ2) is 6.00. The number of aliphatic hydroxyl groups is 1. The first-order valence-corrected chi connectivity index (χ1v) is 8.85. The van der Waals surface area contributed by atoms with Crippen LogP contribution in [0.4, 0.5) is 0 Å². The second-order valence-electron chi connectivity index (χ2n) is 5.71. The van der Waals surface area contributed by atoms with Gasteiger partial charge in [-0.25, -0.2) is 13.4 Å². The van der Waals surface area contributed by atoms with Crippen LogP contribution in [0.3, 0.4) is 0 Å². The van der Waals surface area contributed by atoms with Crippen LogP contribution in [0.1, 0.15) is 24.8 Å². The van der Waals surface area contributed by atoms with Crippen molar-refractivity contribution in [2.24, 2.45) is 0 Å². The average molecular weight is 311 g/mol. The Hall–Kier alpha value is -1.02. The predicted octanol–water partition coefficient (Wildman–Crippen LogP) is 0.433. The number of aromatic nitrogens is 1. The predicted molar refractivity (Wildman–Crippen MR) is 78.1 cm³/mol. The highest BCUT2D eigenvalue weighted by Crippen LogP contribution is 2.24. The lowest BCUT2D eigenvalue weighted by atomic mass is 10.0. The fourth-order valence-corrected chi connectivity index (χ4v) is 4.52. The van der Waals surface area contributed by atoms with Gasteiger partial charge in [-0.1, -0.05) is 12.5 Å². The maximum absolute atomic E-state index is 12.6. The summed E-state index contributed by atoms with van der Waals surface area (Å²) in [4.78, 5) is 6.40. The first kappa shape index (κ1) is 14.9. The minimum absolute atomic E-state index is 0.0731. The lowest BCUT2D eigenvalue weighted by molar-refractivity contribution is 0.0850. The fraction of sp³-hybridized carbons (Fsp3) is 0.643. The molecule has 6 nitrogen and oxygen atoms in total. The van der Waals surface area contributed by atoms with Crippen molar-refractivity contribution in [3.63, 3.8) is 0 Å². The summed E-state index contributed by atoms with van der Waals surface area (Å²) in [6, 6.07) is 3.43. The van der Waals surface area contributed by atoms with E-state index in [0.717, 1.165) is 19.5 Å². The molecule has 1 atom stereocenters. The van der Waals surface area contributed by atoms with Crippen LogP contribution in [0.5, 0.6) is 0 Å². The molecule has 0 aliphatic carbocycles. The summed E-state index contributed by atoms with van der Waals surface area (Å²) in [5, 5.41) is 9.08. The molecule has 2 saturated heterocycles. The Balaban J connectivity index is 1.78. The van der Waals surface area contributed by atoms with Crippen LogP contribution in [0.25, 0.3) is 0 Å². The van der Waals surface area contributed by atoms with Crippen LogP contribution in [0.2, 0.25) is 0 Å². The molecule has 0 spiro atoms. The van der Waals surface area contributed by atoms with Crippen molar-refractivity contribution >= 4 is 10.0 Å².